The summed E-state index contributed by atoms with van der Waals surface area (Å²) in [7, 11) is 1.08. The van der Waals surface area contributed by atoms with E-state index < -0.39 is 33.5 Å². The zero-order valence-electron chi connectivity index (χ0n) is 26.6. The highest BCUT2D eigenvalue weighted by molar-refractivity contribution is 7.89. The van der Waals surface area contributed by atoms with Crippen LogP contribution in [-0.2, 0) is 27.7 Å². The molecule has 0 aliphatic carbocycles. The molecule has 242 valence electrons. The van der Waals surface area contributed by atoms with E-state index in [1.54, 1.807) is 21.0 Å². The summed E-state index contributed by atoms with van der Waals surface area (Å²) < 4.78 is 39.1. The monoisotopic (exact) mass is 639 g/mol. The largest absolute Gasteiger partial charge is 0.422 e. The first-order valence-corrected chi connectivity index (χ1v) is 16.4. The van der Waals surface area contributed by atoms with Crippen LogP contribution in [0.4, 0.5) is 5.69 Å². The van der Waals surface area contributed by atoms with E-state index in [0.29, 0.717) is 30.7 Å². The summed E-state index contributed by atoms with van der Waals surface area (Å²) in [5.41, 5.74) is 8.55. The molecule has 0 radical (unpaired) electrons. The molecule has 0 saturated carbocycles. The maximum Gasteiger partial charge on any atom is 0.341 e. The highest BCUT2D eigenvalue weighted by Crippen LogP contribution is 2.34. The molecule has 2 aromatic carbocycles. The number of carbonyl (C=O) groups is 2. The number of aryl methyl sites for hydroxylation is 1. The van der Waals surface area contributed by atoms with Crippen LogP contribution < -0.4 is 16.3 Å². The van der Waals surface area contributed by atoms with E-state index in [4.69, 9.17) is 14.9 Å². The number of nitrogens with two attached hydrogens (primary N) is 1. The van der Waals surface area contributed by atoms with Gasteiger partial charge < -0.3 is 24.7 Å². The van der Waals surface area contributed by atoms with Crippen LogP contribution in [0.3, 0.4) is 0 Å². The lowest BCUT2D eigenvalue weighted by atomic mass is 9.95. The molecular weight excluding hydrogens is 598 g/mol. The molecule has 0 spiro atoms. The second kappa shape index (κ2) is 12.5. The Labute approximate surface area is 263 Å². The average Bonchev–Trinajstić information content (AvgIpc) is 3.01. The van der Waals surface area contributed by atoms with Crippen molar-refractivity contribution in [2.45, 2.75) is 50.7 Å². The van der Waals surface area contributed by atoms with Crippen molar-refractivity contribution in [3.05, 3.63) is 68.6 Å². The number of methoxy groups -OCH3 is 1. The molecule has 12 nitrogen and oxygen atoms in total. The topological polar surface area (TPSA) is 147 Å². The summed E-state index contributed by atoms with van der Waals surface area (Å²) in [5, 5.41) is 0.844. The molecule has 1 unspecified atom stereocenters. The number of likely N-dealkylation sites (N-methyl/N-ethyl adjacent to an activating group) is 1. The second-order valence-corrected chi connectivity index (χ2v) is 14.1. The van der Waals surface area contributed by atoms with E-state index in [-0.39, 0.29) is 28.6 Å². The molecule has 45 heavy (non-hydrogen) atoms. The lowest BCUT2D eigenvalue weighted by Crippen LogP contribution is -2.53. The first kappa shape index (κ1) is 32.6. The van der Waals surface area contributed by atoms with Crippen LogP contribution in [0.1, 0.15) is 51.3 Å². The number of benzene rings is 2. The number of sulfonamides is 1. The molecule has 1 atom stereocenters. The van der Waals surface area contributed by atoms with Gasteiger partial charge in [-0.2, -0.15) is 4.31 Å². The number of primary amides is 1. The fraction of sp³-hybridized carbons (Fsp3) is 0.469. The maximum absolute atomic E-state index is 13.7. The van der Waals surface area contributed by atoms with Crippen LogP contribution in [0.25, 0.3) is 11.0 Å². The summed E-state index contributed by atoms with van der Waals surface area (Å²) in [6.45, 7) is 8.83. The van der Waals surface area contributed by atoms with Crippen molar-refractivity contribution in [2.75, 3.05) is 58.9 Å². The van der Waals surface area contributed by atoms with Gasteiger partial charge >= 0.3 is 5.63 Å². The maximum atomic E-state index is 13.7. The summed E-state index contributed by atoms with van der Waals surface area (Å²) in [5.74, 6) is -1.38. The Hall–Kier alpha value is -3.78. The highest BCUT2D eigenvalue weighted by Gasteiger charge is 2.32. The molecule has 1 saturated heterocycles. The van der Waals surface area contributed by atoms with Gasteiger partial charge in [0.25, 0.3) is 5.91 Å². The van der Waals surface area contributed by atoms with Crippen molar-refractivity contribution in [1.82, 2.24) is 14.1 Å². The Morgan fingerprint density at radius 2 is 1.87 bits per heavy atom. The fourth-order valence-corrected chi connectivity index (χ4v) is 7.78. The highest BCUT2D eigenvalue weighted by atomic mass is 32.2. The smallest absolute Gasteiger partial charge is 0.341 e. The summed E-state index contributed by atoms with van der Waals surface area (Å²) in [6.07, 6.45) is 0.424. The number of rotatable bonds is 8. The Morgan fingerprint density at radius 1 is 1.13 bits per heavy atom. The Kier molecular flexibility index (Phi) is 9.09. The molecule has 2 N–H and O–H groups in total. The van der Waals surface area contributed by atoms with E-state index >= 15 is 0 Å². The van der Waals surface area contributed by atoms with Gasteiger partial charge in [-0.25, -0.2) is 13.2 Å². The lowest BCUT2D eigenvalue weighted by Gasteiger charge is -2.41. The van der Waals surface area contributed by atoms with Crippen LogP contribution in [0, 0.1) is 6.92 Å². The van der Waals surface area contributed by atoms with E-state index in [1.165, 1.54) is 30.1 Å². The minimum absolute atomic E-state index is 0.00987. The van der Waals surface area contributed by atoms with E-state index in [2.05, 4.69) is 22.9 Å². The van der Waals surface area contributed by atoms with Crippen molar-refractivity contribution in [1.29, 1.82) is 0 Å². The number of anilines is 1. The minimum atomic E-state index is -4.12. The summed E-state index contributed by atoms with van der Waals surface area (Å²) in [4.78, 5) is 44.9. The molecule has 2 aliphatic heterocycles. The Bertz CT molecular complexity index is 1820. The number of amides is 2. The zero-order chi connectivity index (χ0) is 32.8. The first-order valence-electron chi connectivity index (χ1n) is 15.0. The predicted octanol–water partition coefficient (Wildman–Crippen LogP) is 2.19. The number of piperazine rings is 1. The Morgan fingerprint density at radius 3 is 2.53 bits per heavy atom. The third-order valence-electron chi connectivity index (χ3n) is 9.13. The molecule has 1 aromatic heterocycles. The third kappa shape index (κ3) is 5.97. The molecule has 1 fully saturated rings. The van der Waals surface area contributed by atoms with Crippen LogP contribution in [-0.4, -0.2) is 100 Å². The molecule has 5 rings (SSSR count). The molecule has 2 amide bonds. The summed E-state index contributed by atoms with van der Waals surface area (Å²) in [6, 6.07) is 7.75. The first-order chi connectivity index (χ1) is 21.3. The number of ether oxygens (including phenoxy) is 1. The van der Waals surface area contributed by atoms with Gasteiger partial charge in [0.1, 0.15) is 5.58 Å². The Balaban J connectivity index is 1.46. The van der Waals surface area contributed by atoms with Crippen LogP contribution in [0.2, 0.25) is 0 Å². The minimum Gasteiger partial charge on any atom is -0.422 e. The van der Waals surface area contributed by atoms with Crippen molar-refractivity contribution >= 4 is 38.5 Å². The molecule has 0 bridgehead atoms. The van der Waals surface area contributed by atoms with Crippen molar-refractivity contribution in [3.8, 4) is 0 Å². The van der Waals surface area contributed by atoms with Crippen LogP contribution >= 0.6 is 0 Å². The number of hydrogen-bond donors (Lipinski definition) is 1. The van der Waals surface area contributed by atoms with Crippen molar-refractivity contribution in [3.63, 3.8) is 0 Å². The standard InChI is InChI=1S/C32H41N5O7S/c1-19(2)35(5)45(41,42)28-15-21(7-8-25(28)30(33)38)31(39)37-12-11-23-24-9-10-27(20(3)29(24)44-32(40)26(23)17-37)36-14-13-34(4)22(16-36)18-43-6/h7-10,15,19,22H,11-14,16-18H2,1-6H3,(H2,33,38). The molecular formula is C32H41N5O7S. The van der Waals surface area contributed by atoms with E-state index in [0.717, 1.165) is 46.1 Å². The second-order valence-electron chi connectivity index (χ2n) is 12.1. The number of fused-ring (bicyclic) bond motifs is 3. The van der Waals surface area contributed by atoms with Gasteiger partial charge in [0.15, 0.2) is 0 Å². The molecule has 2 aliphatic rings. The third-order valence-corrected chi connectivity index (χ3v) is 11.2. The van der Waals surface area contributed by atoms with Crippen molar-refractivity contribution in [2.24, 2.45) is 5.73 Å². The van der Waals surface area contributed by atoms with Gasteiger partial charge in [0.2, 0.25) is 15.9 Å². The molecule has 3 aromatic rings. The van der Waals surface area contributed by atoms with Gasteiger partial charge in [-0.15, -0.1) is 0 Å². The van der Waals surface area contributed by atoms with Crippen LogP contribution in [0.5, 0.6) is 0 Å². The number of nitrogens with zero attached hydrogens (tertiary/aromatic N) is 4. The molecule has 3 heterocycles. The van der Waals surface area contributed by atoms with Gasteiger partial charge in [-0.3, -0.25) is 14.5 Å². The normalized spacial score (nSPS) is 17.7. The predicted molar refractivity (Wildman–Crippen MR) is 171 cm³/mol. The van der Waals surface area contributed by atoms with Gasteiger partial charge in [0, 0.05) is 68.6 Å². The number of hydrogen-bond acceptors (Lipinski definition) is 9. The zero-order valence-corrected chi connectivity index (χ0v) is 27.4. The van der Waals surface area contributed by atoms with Gasteiger partial charge in [-0.1, -0.05) is 0 Å². The summed E-state index contributed by atoms with van der Waals surface area (Å²) >= 11 is 0. The average molecular weight is 640 g/mol. The lowest BCUT2D eigenvalue weighted by molar-refractivity contribution is 0.0732. The molecule has 13 heteroatoms. The van der Waals surface area contributed by atoms with Gasteiger partial charge in [-0.05, 0) is 70.1 Å². The van der Waals surface area contributed by atoms with Crippen LogP contribution in [0.15, 0.2) is 44.4 Å². The number of carbonyl (C=O) groups excluding carboxylic acids is 2. The van der Waals surface area contributed by atoms with Gasteiger partial charge in [0.05, 0.1) is 35.2 Å². The quantitative estimate of drug-likeness (QED) is 0.367. The van der Waals surface area contributed by atoms with E-state index in [9.17, 15) is 22.8 Å². The fourth-order valence-electron chi connectivity index (χ4n) is 6.19. The SMILES string of the molecule is COCC1CN(c2ccc3c4c(c(=O)oc3c2C)CN(C(=O)c2ccc(C(N)=O)c(S(=O)(=O)N(C)C(C)C)c2)CC4)CCN1C. The van der Waals surface area contributed by atoms with E-state index in [1.807, 2.05) is 13.0 Å². The van der Waals surface area contributed by atoms with Crippen molar-refractivity contribution < 1.29 is 27.2 Å².